The van der Waals surface area contributed by atoms with Crippen molar-refractivity contribution in [3.63, 3.8) is 0 Å². The molecule has 5 nitrogen and oxygen atoms in total. The van der Waals surface area contributed by atoms with Crippen LogP contribution >= 0.6 is 39.3 Å². The predicted molar refractivity (Wildman–Crippen MR) is 157 cm³/mol. The van der Waals surface area contributed by atoms with Gasteiger partial charge >= 0.3 is 0 Å². The number of nitrogens with zero attached hydrogens (tertiary/aromatic N) is 1. The molecule has 1 aliphatic heterocycles. The number of halogens is 2. The smallest absolute Gasteiger partial charge is 0.293 e. The van der Waals surface area contributed by atoms with E-state index in [2.05, 4.69) is 15.9 Å². The Labute approximate surface area is 238 Å². The van der Waals surface area contributed by atoms with Crippen LogP contribution in [0.25, 0.3) is 16.8 Å². The molecule has 0 atom stereocenters. The van der Waals surface area contributed by atoms with E-state index in [1.54, 1.807) is 18.2 Å². The summed E-state index contributed by atoms with van der Waals surface area (Å²) in [7, 11) is 0. The lowest BCUT2D eigenvalue weighted by molar-refractivity contribution is -0.123. The highest BCUT2D eigenvalue weighted by atomic mass is 79.9. The topological polar surface area (TPSA) is 55.8 Å². The van der Waals surface area contributed by atoms with E-state index in [4.69, 9.17) is 21.1 Å². The number of fused-ring (bicyclic) bond motifs is 1. The van der Waals surface area contributed by atoms with Gasteiger partial charge in [-0.05, 0) is 76.5 Å². The SMILES string of the molecule is CCOc1cc(/C=C2/SC(=O)N(Cc3cccc4ccccc34)C2=O)cc(Cl)c1OCc1ccc(Br)cc1. The minimum atomic E-state index is -0.336. The first-order valence-corrected chi connectivity index (χ1v) is 14.0. The molecule has 0 saturated carbocycles. The van der Waals surface area contributed by atoms with Crippen LogP contribution in [0.15, 0.2) is 88.2 Å². The Morgan fingerprint density at radius 1 is 0.974 bits per heavy atom. The van der Waals surface area contributed by atoms with Gasteiger partial charge in [0.05, 0.1) is 23.1 Å². The van der Waals surface area contributed by atoms with Gasteiger partial charge in [0.25, 0.3) is 11.1 Å². The molecule has 0 radical (unpaired) electrons. The molecule has 8 heteroatoms. The minimum absolute atomic E-state index is 0.206. The van der Waals surface area contributed by atoms with Crippen molar-refractivity contribution in [3.8, 4) is 11.5 Å². The number of amides is 2. The number of carbonyl (C=O) groups excluding carboxylic acids is 2. The van der Waals surface area contributed by atoms with Crippen LogP contribution in [-0.4, -0.2) is 22.7 Å². The third kappa shape index (κ3) is 5.75. The first kappa shape index (κ1) is 26.4. The number of hydrogen-bond acceptors (Lipinski definition) is 5. The second-order valence-corrected chi connectivity index (χ2v) is 10.9. The number of benzene rings is 4. The highest BCUT2D eigenvalue weighted by molar-refractivity contribution is 9.10. The van der Waals surface area contributed by atoms with Crippen LogP contribution in [0.5, 0.6) is 11.5 Å². The lowest BCUT2D eigenvalue weighted by atomic mass is 10.0. The molecule has 0 aliphatic carbocycles. The van der Waals surface area contributed by atoms with Crippen LogP contribution in [0.1, 0.15) is 23.6 Å². The number of rotatable bonds is 8. The summed E-state index contributed by atoms with van der Waals surface area (Å²) in [6.45, 7) is 2.81. The second kappa shape index (κ2) is 11.6. The predicted octanol–water partition coefficient (Wildman–Crippen LogP) is 8.47. The maximum Gasteiger partial charge on any atom is 0.293 e. The third-order valence-electron chi connectivity index (χ3n) is 6.01. The average Bonchev–Trinajstić information content (AvgIpc) is 3.17. The van der Waals surface area contributed by atoms with Crippen molar-refractivity contribution < 1.29 is 19.1 Å². The molecule has 1 aliphatic rings. The van der Waals surface area contributed by atoms with Crippen LogP contribution in [0.3, 0.4) is 0 Å². The summed E-state index contributed by atoms with van der Waals surface area (Å²) in [6.07, 6.45) is 1.67. The molecule has 38 heavy (non-hydrogen) atoms. The zero-order valence-corrected chi connectivity index (χ0v) is 23.6. The Morgan fingerprint density at radius 2 is 1.74 bits per heavy atom. The number of ether oxygens (including phenoxy) is 2. The largest absolute Gasteiger partial charge is 0.490 e. The Morgan fingerprint density at radius 3 is 2.53 bits per heavy atom. The van der Waals surface area contributed by atoms with Gasteiger partial charge < -0.3 is 9.47 Å². The summed E-state index contributed by atoms with van der Waals surface area (Å²) in [5.41, 5.74) is 2.54. The van der Waals surface area contributed by atoms with Crippen molar-refractivity contribution in [2.75, 3.05) is 6.61 Å². The summed E-state index contributed by atoms with van der Waals surface area (Å²) >= 11 is 10.9. The Hall–Kier alpha value is -3.26. The van der Waals surface area contributed by atoms with Crippen LogP contribution < -0.4 is 9.47 Å². The molecule has 0 spiro atoms. The van der Waals surface area contributed by atoms with E-state index in [0.717, 1.165) is 38.1 Å². The van der Waals surface area contributed by atoms with Gasteiger partial charge in [-0.15, -0.1) is 0 Å². The van der Waals surface area contributed by atoms with Crippen molar-refractivity contribution in [2.24, 2.45) is 0 Å². The molecule has 2 amide bonds. The normalized spacial score (nSPS) is 14.5. The van der Waals surface area contributed by atoms with E-state index in [1.165, 1.54) is 4.90 Å². The molecule has 1 heterocycles. The van der Waals surface area contributed by atoms with E-state index in [0.29, 0.717) is 40.2 Å². The first-order valence-electron chi connectivity index (χ1n) is 12.0. The molecule has 4 aromatic carbocycles. The van der Waals surface area contributed by atoms with Crippen molar-refractivity contribution in [1.29, 1.82) is 0 Å². The molecule has 0 N–H and O–H groups in total. The molecular formula is C30H23BrClNO4S. The van der Waals surface area contributed by atoms with Gasteiger partial charge in [0, 0.05) is 4.47 Å². The molecule has 0 unspecified atom stereocenters. The second-order valence-electron chi connectivity index (χ2n) is 8.58. The van der Waals surface area contributed by atoms with E-state index in [-0.39, 0.29) is 17.7 Å². The van der Waals surface area contributed by atoms with Crippen LogP contribution in [0.4, 0.5) is 4.79 Å². The zero-order valence-electron chi connectivity index (χ0n) is 20.4. The first-order chi connectivity index (χ1) is 18.4. The van der Waals surface area contributed by atoms with Gasteiger partial charge in [0.2, 0.25) is 0 Å². The Kier molecular flexibility index (Phi) is 8.07. The zero-order chi connectivity index (χ0) is 26.6. The quantitative estimate of drug-likeness (QED) is 0.188. The van der Waals surface area contributed by atoms with E-state index >= 15 is 0 Å². The van der Waals surface area contributed by atoms with Crippen LogP contribution in [-0.2, 0) is 17.9 Å². The summed E-state index contributed by atoms with van der Waals surface area (Å²) in [6, 6.07) is 25.1. The fourth-order valence-corrected chi connectivity index (χ4v) is 5.58. The maximum atomic E-state index is 13.2. The molecule has 5 rings (SSSR count). The Bertz CT molecular complexity index is 1550. The van der Waals surface area contributed by atoms with E-state index in [1.807, 2.05) is 73.7 Å². The van der Waals surface area contributed by atoms with Gasteiger partial charge in [0.15, 0.2) is 11.5 Å². The fraction of sp³-hybridized carbons (Fsp3) is 0.133. The molecule has 192 valence electrons. The highest BCUT2D eigenvalue weighted by Crippen LogP contribution is 2.40. The lowest BCUT2D eigenvalue weighted by Gasteiger charge is -2.15. The maximum absolute atomic E-state index is 13.2. The van der Waals surface area contributed by atoms with Gasteiger partial charge in [-0.1, -0.05) is 82.1 Å². The van der Waals surface area contributed by atoms with Crippen molar-refractivity contribution in [1.82, 2.24) is 4.90 Å². The summed E-state index contributed by atoms with van der Waals surface area (Å²) < 4.78 is 12.8. The average molecular weight is 609 g/mol. The van der Waals surface area contributed by atoms with Gasteiger partial charge in [0.1, 0.15) is 6.61 Å². The molecule has 0 bridgehead atoms. The standard InChI is InChI=1S/C30H23BrClNO4S/c1-2-36-26-15-20(14-25(32)28(26)37-18-19-10-12-23(31)13-11-19)16-27-29(34)33(30(35)38-27)17-22-8-5-7-21-6-3-4-9-24(21)22/h3-16H,2,17-18H2,1H3/b27-16+. The van der Waals surface area contributed by atoms with E-state index < -0.39 is 0 Å². The number of hydrogen-bond donors (Lipinski definition) is 0. The number of thioether (sulfide) groups is 1. The lowest BCUT2D eigenvalue weighted by Crippen LogP contribution is -2.27. The summed E-state index contributed by atoms with van der Waals surface area (Å²) in [4.78, 5) is 27.6. The van der Waals surface area contributed by atoms with Gasteiger partial charge in [-0.3, -0.25) is 14.5 Å². The monoisotopic (exact) mass is 607 g/mol. The van der Waals surface area contributed by atoms with Gasteiger partial charge in [-0.2, -0.15) is 0 Å². The minimum Gasteiger partial charge on any atom is -0.490 e. The highest BCUT2D eigenvalue weighted by Gasteiger charge is 2.35. The van der Waals surface area contributed by atoms with E-state index in [9.17, 15) is 9.59 Å². The number of carbonyl (C=O) groups is 2. The molecule has 0 aromatic heterocycles. The van der Waals surface area contributed by atoms with Crippen molar-refractivity contribution >= 4 is 67.3 Å². The molecule has 1 fully saturated rings. The van der Waals surface area contributed by atoms with Crippen molar-refractivity contribution in [3.05, 3.63) is 110 Å². The molecule has 1 saturated heterocycles. The van der Waals surface area contributed by atoms with Gasteiger partial charge in [-0.25, -0.2) is 0 Å². The summed E-state index contributed by atoms with van der Waals surface area (Å²) in [5, 5.41) is 2.13. The third-order valence-corrected chi connectivity index (χ3v) is 7.72. The van der Waals surface area contributed by atoms with Crippen LogP contribution in [0.2, 0.25) is 5.02 Å². The summed E-state index contributed by atoms with van der Waals surface area (Å²) in [5.74, 6) is 0.563. The van der Waals surface area contributed by atoms with Crippen LogP contribution in [0, 0.1) is 0 Å². The number of imide groups is 1. The fourth-order valence-electron chi connectivity index (χ4n) is 4.20. The van der Waals surface area contributed by atoms with Crippen molar-refractivity contribution in [2.45, 2.75) is 20.1 Å². The Balaban J connectivity index is 1.38. The molecule has 4 aromatic rings. The molecular weight excluding hydrogens is 586 g/mol.